The molecule has 0 bridgehead atoms. The fourth-order valence-electron chi connectivity index (χ4n) is 3.08. The van der Waals surface area contributed by atoms with Crippen LogP contribution in [0.25, 0.3) is 0 Å². The van der Waals surface area contributed by atoms with Crippen LogP contribution in [-0.4, -0.2) is 47.0 Å². The number of unbranched alkanes of at least 4 members (excludes halogenated alkanes) is 1. The number of hydrogen-bond acceptors (Lipinski definition) is 9. The number of carbonyl (C=O) groups is 3. The lowest BCUT2D eigenvalue weighted by Gasteiger charge is -2.12. The Bertz CT molecular complexity index is 1390. The average Bonchev–Trinajstić information content (AvgIpc) is 3.40. The maximum Gasteiger partial charge on any atom is 0.305 e. The van der Waals surface area contributed by atoms with Gasteiger partial charge in [-0.2, -0.15) is 11.8 Å². The normalized spacial score (nSPS) is 10.4. The third-order valence-electron chi connectivity index (χ3n) is 5.37. The number of ether oxygens (including phenoxy) is 1. The lowest BCUT2D eigenvalue weighted by molar-refractivity contribution is -0.140. The zero-order chi connectivity index (χ0) is 29.7. The standard InChI is InChI=1S/C22H21N5O3.C7H14O2S/c1-22(2,3)17-11-18(27-30-17)26-21(29)15-6-4-5-13(9-15)7-8-14-10-16(20(24)28)12-25-19(14)23;1-9-7(8)5-3-4-6-10-2/h4-6,9-12H,1-3H3,(H2,23,25)(H2,24,28)(H,26,27,29);3-6H2,1-2H3. The van der Waals surface area contributed by atoms with Gasteiger partial charge in [-0.3, -0.25) is 14.4 Å². The van der Waals surface area contributed by atoms with Crippen molar-refractivity contribution in [2.75, 3.05) is 30.2 Å². The molecular weight excluding hydrogens is 530 g/mol. The molecule has 0 aliphatic rings. The molecule has 2 amide bonds. The van der Waals surface area contributed by atoms with Crippen molar-refractivity contribution in [2.24, 2.45) is 5.73 Å². The van der Waals surface area contributed by atoms with Crippen LogP contribution in [0.2, 0.25) is 0 Å². The number of nitrogens with one attached hydrogen (secondary N) is 1. The predicted molar refractivity (Wildman–Crippen MR) is 157 cm³/mol. The van der Waals surface area contributed by atoms with Gasteiger partial charge >= 0.3 is 5.97 Å². The number of pyridine rings is 1. The van der Waals surface area contributed by atoms with Crippen LogP contribution in [0, 0.1) is 11.8 Å². The lowest BCUT2D eigenvalue weighted by atomic mass is 9.93. The monoisotopic (exact) mass is 565 g/mol. The van der Waals surface area contributed by atoms with Crippen molar-refractivity contribution in [3.05, 3.63) is 70.6 Å². The number of thioether (sulfide) groups is 1. The van der Waals surface area contributed by atoms with E-state index in [0.717, 1.165) is 18.6 Å². The molecule has 0 fully saturated rings. The summed E-state index contributed by atoms with van der Waals surface area (Å²) in [5.41, 5.74) is 12.4. The Hall–Kier alpha value is -4.30. The Balaban J connectivity index is 0.000000478. The number of methoxy groups -OCH3 is 1. The summed E-state index contributed by atoms with van der Waals surface area (Å²) in [6, 6.07) is 9.93. The van der Waals surface area contributed by atoms with Gasteiger partial charge in [0, 0.05) is 35.2 Å². The highest BCUT2D eigenvalue weighted by Gasteiger charge is 2.20. The second-order valence-corrected chi connectivity index (χ2v) is 10.6. The number of hydrogen-bond donors (Lipinski definition) is 3. The van der Waals surface area contributed by atoms with E-state index in [9.17, 15) is 14.4 Å². The van der Waals surface area contributed by atoms with Crippen LogP contribution >= 0.6 is 11.8 Å². The largest absolute Gasteiger partial charge is 0.469 e. The van der Waals surface area contributed by atoms with E-state index in [1.54, 1.807) is 30.3 Å². The highest BCUT2D eigenvalue weighted by molar-refractivity contribution is 7.98. The second-order valence-electron chi connectivity index (χ2n) is 9.66. The Morgan fingerprint density at radius 1 is 1.10 bits per heavy atom. The summed E-state index contributed by atoms with van der Waals surface area (Å²) in [6.07, 6.45) is 5.99. The Kier molecular flexibility index (Phi) is 12.2. The number of rotatable bonds is 8. The first-order valence-corrected chi connectivity index (χ1v) is 13.9. The minimum Gasteiger partial charge on any atom is -0.469 e. The summed E-state index contributed by atoms with van der Waals surface area (Å²) < 4.78 is 9.76. The zero-order valence-electron chi connectivity index (χ0n) is 23.4. The molecule has 2 heterocycles. The predicted octanol–water partition coefficient (Wildman–Crippen LogP) is 4.39. The molecule has 2 aromatic heterocycles. The van der Waals surface area contributed by atoms with Gasteiger partial charge in [0.25, 0.3) is 5.91 Å². The molecule has 0 atom stereocenters. The van der Waals surface area contributed by atoms with Crippen LogP contribution in [-0.2, 0) is 14.9 Å². The molecule has 3 rings (SSSR count). The van der Waals surface area contributed by atoms with Gasteiger partial charge in [0.1, 0.15) is 11.6 Å². The van der Waals surface area contributed by atoms with Gasteiger partial charge in [-0.25, -0.2) is 4.98 Å². The van der Waals surface area contributed by atoms with E-state index in [4.69, 9.17) is 16.0 Å². The molecular formula is C29H35N5O5S. The first-order valence-electron chi connectivity index (χ1n) is 12.5. The highest BCUT2D eigenvalue weighted by atomic mass is 32.2. The number of esters is 1. The molecule has 0 unspecified atom stereocenters. The fourth-order valence-corrected chi connectivity index (χ4v) is 3.57. The Labute approximate surface area is 238 Å². The number of anilines is 2. The fraction of sp³-hybridized carbons (Fsp3) is 0.345. The van der Waals surface area contributed by atoms with Crippen molar-refractivity contribution in [3.63, 3.8) is 0 Å². The topological polar surface area (TPSA) is 163 Å². The molecule has 10 nitrogen and oxygen atoms in total. The van der Waals surface area contributed by atoms with E-state index in [2.05, 4.69) is 38.3 Å². The molecule has 0 aliphatic heterocycles. The SMILES string of the molecule is CC(C)(C)c1cc(NC(=O)c2cccc(C#Cc3cc(C(N)=O)cnc3N)c2)no1.COC(=O)CCCCSC. The Morgan fingerprint density at radius 3 is 2.48 bits per heavy atom. The van der Waals surface area contributed by atoms with Crippen molar-refractivity contribution in [3.8, 4) is 11.8 Å². The van der Waals surface area contributed by atoms with E-state index in [0.29, 0.717) is 34.7 Å². The third kappa shape index (κ3) is 10.5. The molecule has 3 aromatic rings. The summed E-state index contributed by atoms with van der Waals surface area (Å²) in [6.45, 7) is 5.97. The number of carbonyl (C=O) groups excluding carboxylic acids is 3. The van der Waals surface area contributed by atoms with Crippen molar-refractivity contribution >= 4 is 41.2 Å². The number of benzene rings is 1. The first kappa shape index (κ1) is 31.9. The van der Waals surface area contributed by atoms with Gasteiger partial charge in [-0.05, 0) is 49.1 Å². The maximum atomic E-state index is 12.6. The number of primary amides is 1. The second kappa shape index (κ2) is 15.3. The van der Waals surface area contributed by atoms with Gasteiger partial charge in [0.2, 0.25) is 5.91 Å². The van der Waals surface area contributed by atoms with E-state index >= 15 is 0 Å². The number of nitrogens with zero attached hydrogens (tertiary/aromatic N) is 2. The molecule has 1 aromatic carbocycles. The lowest BCUT2D eigenvalue weighted by Crippen LogP contribution is -2.12. The van der Waals surface area contributed by atoms with Crippen LogP contribution < -0.4 is 16.8 Å². The smallest absolute Gasteiger partial charge is 0.305 e. The highest BCUT2D eigenvalue weighted by Crippen LogP contribution is 2.24. The van der Waals surface area contributed by atoms with Crippen LogP contribution in [0.4, 0.5) is 11.6 Å². The maximum absolute atomic E-state index is 12.6. The summed E-state index contributed by atoms with van der Waals surface area (Å²) >= 11 is 1.81. The van der Waals surface area contributed by atoms with Gasteiger partial charge in [0.15, 0.2) is 5.82 Å². The van der Waals surface area contributed by atoms with Gasteiger partial charge in [0.05, 0.1) is 18.2 Å². The van der Waals surface area contributed by atoms with Crippen molar-refractivity contribution in [1.82, 2.24) is 10.1 Å². The van der Waals surface area contributed by atoms with Gasteiger partial charge in [-0.15, -0.1) is 0 Å². The van der Waals surface area contributed by atoms with Crippen LogP contribution in [0.1, 0.15) is 77.6 Å². The van der Waals surface area contributed by atoms with Gasteiger partial charge in [-0.1, -0.05) is 43.8 Å². The third-order valence-corrected chi connectivity index (χ3v) is 6.06. The zero-order valence-corrected chi connectivity index (χ0v) is 24.2. The molecule has 0 saturated heterocycles. The Morgan fingerprint density at radius 2 is 1.85 bits per heavy atom. The minimum absolute atomic E-state index is 0.0962. The number of nitrogens with two attached hydrogens (primary N) is 2. The molecule has 212 valence electrons. The van der Waals surface area contributed by atoms with Crippen LogP contribution in [0.5, 0.6) is 0 Å². The van der Waals surface area contributed by atoms with Crippen molar-refractivity contribution in [2.45, 2.75) is 45.4 Å². The van der Waals surface area contributed by atoms with Crippen molar-refractivity contribution < 1.29 is 23.6 Å². The summed E-state index contributed by atoms with van der Waals surface area (Å²) in [7, 11) is 1.43. The number of nitrogen functional groups attached to an aromatic ring is 1. The molecule has 11 heteroatoms. The molecule has 40 heavy (non-hydrogen) atoms. The quantitative estimate of drug-likeness (QED) is 0.204. The molecule has 0 aliphatic carbocycles. The van der Waals surface area contributed by atoms with E-state index < -0.39 is 5.91 Å². The van der Waals surface area contributed by atoms with E-state index in [1.807, 2.05) is 32.5 Å². The summed E-state index contributed by atoms with van der Waals surface area (Å²) in [5, 5.41) is 6.59. The summed E-state index contributed by atoms with van der Waals surface area (Å²) in [5.74, 6) is 7.04. The average molecular weight is 566 g/mol. The van der Waals surface area contributed by atoms with E-state index in [1.165, 1.54) is 19.4 Å². The number of amides is 2. The van der Waals surface area contributed by atoms with E-state index in [-0.39, 0.29) is 28.7 Å². The first-order chi connectivity index (χ1) is 18.9. The molecule has 0 spiro atoms. The van der Waals surface area contributed by atoms with Crippen LogP contribution in [0.15, 0.2) is 47.1 Å². The minimum atomic E-state index is -0.619. The van der Waals surface area contributed by atoms with Crippen molar-refractivity contribution in [1.29, 1.82) is 0 Å². The van der Waals surface area contributed by atoms with Gasteiger partial charge < -0.3 is 26.0 Å². The van der Waals surface area contributed by atoms with Crippen LogP contribution in [0.3, 0.4) is 0 Å². The number of aromatic nitrogens is 2. The summed E-state index contributed by atoms with van der Waals surface area (Å²) in [4.78, 5) is 38.3. The molecule has 0 radical (unpaired) electrons. The molecule has 5 N–H and O–H groups in total. The molecule has 0 saturated carbocycles.